The summed E-state index contributed by atoms with van der Waals surface area (Å²) in [5.74, 6) is 0.631. The average molecular weight is 445 g/mol. The number of likely N-dealkylation sites (tertiary alicyclic amines) is 1. The van der Waals surface area contributed by atoms with Gasteiger partial charge < -0.3 is 25.9 Å². The third-order valence-corrected chi connectivity index (χ3v) is 6.81. The number of benzene rings is 2. The van der Waals surface area contributed by atoms with E-state index in [9.17, 15) is 9.59 Å². The van der Waals surface area contributed by atoms with Crippen molar-refractivity contribution in [3.05, 3.63) is 65.4 Å². The van der Waals surface area contributed by atoms with Crippen LogP contribution >= 0.6 is 0 Å². The summed E-state index contributed by atoms with van der Waals surface area (Å²) < 4.78 is 0. The van der Waals surface area contributed by atoms with Crippen LogP contribution in [0.4, 0.5) is 16.2 Å². The number of nitrogens with one attached hydrogen (secondary N) is 3. The van der Waals surface area contributed by atoms with Crippen LogP contribution in [0.2, 0.25) is 0 Å². The van der Waals surface area contributed by atoms with Crippen molar-refractivity contribution in [3.8, 4) is 0 Å². The molecule has 2 amide bonds. The molecule has 6 rings (SSSR count). The van der Waals surface area contributed by atoms with E-state index in [0.29, 0.717) is 42.0 Å². The lowest BCUT2D eigenvalue weighted by molar-refractivity contribution is -0.110. The molecule has 3 atom stereocenters. The SMILES string of the molecule is O=C(O)N[C@@H]1[C@@H]2CN(CCO/N=C3/C(=C4/C(=O)Nc5ccccc54)Nc4ccccc43)C[C@@H]21. The van der Waals surface area contributed by atoms with Crippen molar-refractivity contribution in [2.45, 2.75) is 6.04 Å². The molecule has 9 nitrogen and oxygen atoms in total. The number of rotatable bonds is 5. The number of hydrogen-bond acceptors (Lipinski definition) is 6. The highest BCUT2D eigenvalue weighted by Crippen LogP contribution is 2.45. The second-order valence-electron chi connectivity index (χ2n) is 8.76. The molecule has 0 bridgehead atoms. The smallest absolute Gasteiger partial charge is 0.404 e. The van der Waals surface area contributed by atoms with Crippen molar-refractivity contribution in [1.29, 1.82) is 0 Å². The highest BCUT2D eigenvalue weighted by Gasteiger charge is 2.56. The van der Waals surface area contributed by atoms with Crippen molar-refractivity contribution in [2.75, 3.05) is 36.9 Å². The Balaban J connectivity index is 1.18. The van der Waals surface area contributed by atoms with Gasteiger partial charge in [-0.1, -0.05) is 41.6 Å². The predicted molar refractivity (Wildman–Crippen MR) is 123 cm³/mol. The Kier molecular flexibility index (Phi) is 4.58. The molecule has 33 heavy (non-hydrogen) atoms. The Labute approximate surface area is 190 Å². The topological polar surface area (TPSA) is 115 Å². The van der Waals surface area contributed by atoms with Gasteiger partial charge in [0.2, 0.25) is 0 Å². The second-order valence-corrected chi connectivity index (χ2v) is 8.76. The van der Waals surface area contributed by atoms with Crippen molar-refractivity contribution < 1.29 is 19.5 Å². The summed E-state index contributed by atoms with van der Waals surface area (Å²) in [6, 6.07) is 15.5. The molecule has 3 aliphatic heterocycles. The molecular weight excluding hydrogens is 422 g/mol. The van der Waals surface area contributed by atoms with Crippen LogP contribution < -0.4 is 16.0 Å². The average Bonchev–Trinajstić information content (AvgIpc) is 3.17. The molecule has 0 aromatic heterocycles. The monoisotopic (exact) mass is 445 g/mol. The van der Waals surface area contributed by atoms with E-state index in [0.717, 1.165) is 35.6 Å². The fourth-order valence-corrected chi connectivity index (χ4v) is 5.20. The summed E-state index contributed by atoms with van der Waals surface area (Å²) >= 11 is 0. The lowest BCUT2D eigenvalue weighted by atomic mass is 10.0. The Morgan fingerprint density at radius 2 is 1.73 bits per heavy atom. The highest BCUT2D eigenvalue weighted by molar-refractivity contribution is 6.39. The van der Waals surface area contributed by atoms with Gasteiger partial charge in [0.15, 0.2) is 0 Å². The summed E-state index contributed by atoms with van der Waals surface area (Å²) in [6.45, 7) is 2.86. The van der Waals surface area contributed by atoms with Crippen molar-refractivity contribution in [1.82, 2.24) is 10.2 Å². The van der Waals surface area contributed by atoms with Gasteiger partial charge in [-0.3, -0.25) is 9.69 Å². The van der Waals surface area contributed by atoms with Gasteiger partial charge in [-0.15, -0.1) is 0 Å². The molecule has 2 aromatic rings. The molecule has 1 saturated carbocycles. The lowest BCUT2D eigenvalue weighted by Crippen LogP contribution is -2.35. The van der Waals surface area contributed by atoms with Gasteiger partial charge in [0.25, 0.3) is 5.91 Å². The molecule has 4 aliphatic rings. The number of carbonyl (C=O) groups excluding carboxylic acids is 1. The van der Waals surface area contributed by atoms with Crippen LogP contribution in [0.15, 0.2) is 59.4 Å². The van der Waals surface area contributed by atoms with Crippen LogP contribution in [0, 0.1) is 11.8 Å². The minimum Gasteiger partial charge on any atom is -0.465 e. The summed E-state index contributed by atoms with van der Waals surface area (Å²) in [7, 11) is 0. The number of oxime groups is 1. The maximum absolute atomic E-state index is 12.8. The number of piperidine rings is 1. The molecule has 4 N–H and O–H groups in total. The molecule has 1 saturated heterocycles. The van der Waals surface area contributed by atoms with Crippen molar-refractivity contribution in [2.24, 2.45) is 17.0 Å². The fourth-order valence-electron chi connectivity index (χ4n) is 5.20. The van der Waals surface area contributed by atoms with Crippen LogP contribution in [0.5, 0.6) is 0 Å². The molecular formula is C24H23N5O4. The number of carboxylic acid groups (broad SMARTS) is 1. The number of fused-ring (bicyclic) bond motifs is 3. The lowest BCUT2D eigenvalue weighted by Gasteiger charge is -2.18. The molecule has 2 fully saturated rings. The Morgan fingerprint density at radius 1 is 1.06 bits per heavy atom. The van der Waals surface area contributed by atoms with E-state index in [1.807, 2.05) is 48.5 Å². The number of nitrogens with zero attached hydrogens (tertiary/aromatic N) is 2. The largest absolute Gasteiger partial charge is 0.465 e. The fraction of sp³-hybridized carbons (Fsp3) is 0.292. The van der Waals surface area contributed by atoms with Crippen LogP contribution in [-0.2, 0) is 9.63 Å². The maximum atomic E-state index is 12.8. The number of hydrogen-bond donors (Lipinski definition) is 4. The first-order valence-electron chi connectivity index (χ1n) is 11.0. The summed E-state index contributed by atoms with van der Waals surface area (Å²) in [5.41, 5.74) is 5.21. The summed E-state index contributed by atoms with van der Waals surface area (Å²) in [6.07, 6.45) is -0.950. The molecule has 0 unspecified atom stereocenters. The molecule has 168 valence electrons. The van der Waals surface area contributed by atoms with E-state index < -0.39 is 6.09 Å². The van der Waals surface area contributed by atoms with Gasteiger partial charge >= 0.3 is 6.09 Å². The van der Waals surface area contributed by atoms with Gasteiger partial charge in [-0.25, -0.2) is 4.79 Å². The standard InChI is InChI=1S/C24H23N5O4/c30-23-19(13-5-1-3-7-17(13)26-23)22-21(14-6-2-4-8-18(14)25-22)28-33-10-9-29-11-15-16(12-29)20(15)27-24(31)32/h1-8,15-16,20,25,27H,9-12H2,(H,26,30)(H,31,32)/b22-19-,28-21+/t15-,16+,20-. The minimum atomic E-state index is -0.950. The van der Waals surface area contributed by atoms with Crippen LogP contribution in [0.3, 0.4) is 0 Å². The molecule has 1 aliphatic carbocycles. The van der Waals surface area contributed by atoms with Gasteiger partial charge in [0.1, 0.15) is 12.3 Å². The first-order valence-corrected chi connectivity index (χ1v) is 11.0. The number of amides is 2. The van der Waals surface area contributed by atoms with Crippen LogP contribution in [0.25, 0.3) is 5.57 Å². The summed E-state index contributed by atoms with van der Waals surface area (Å²) in [5, 5.41) is 22.2. The molecule has 0 spiro atoms. The Morgan fingerprint density at radius 3 is 2.45 bits per heavy atom. The number of para-hydroxylation sites is 2. The zero-order chi connectivity index (χ0) is 22.5. The van der Waals surface area contributed by atoms with Crippen molar-refractivity contribution in [3.63, 3.8) is 0 Å². The molecule has 9 heteroatoms. The third-order valence-electron chi connectivity index (χ3n) is 6.81. The third kappa shape index (κ3) is 3.41. The Hall–Kier alpha value is -3.85. The number of carbonyl (C=O) groups is 2. The van der Waals surface area contributed by atoms with E-state index in [2.05, 4.69) is 26.0 Å². The highest BCUT2D eigenvalue weighted by atomic mass is 16.6. The van der Waals surface area contributed by atoms with E-state index in [1.165, 1.54) is 0 Å². The second kappa shape index (κ2) is 7.63. The first-order chi connectivity index (χ1) is 16.1. The maximum Gasteiger partial charge on any atom is 0.404 e. The van der Waals surface area contributed by atoms with Crippen LogP contribution in [0.1, 0.15) is 11.1 Å². The van der Waals surface area contributed by atoms with Crippen LogP contribution in [-0.4, -0.2) is 60.0 Å². The number of anilines is 2. The molecule has 2 aromatic carbocycles. The van der Waals surface area contributed by atoms with Gasteiger partial charge in [-0.2, -0.15) is 0 Å². The normalized spacial score (nSPS) is 28.1. The van der Waals surface area contributed by atoms with Gasteiger partial charge in [-0.05, 0) is 24.0 Å². The quantitative estimate of drug-likeness (QED) is 0.319. The van der Waals surface area contributed by atoms with Crippen molar-refractivity contribution >= 4 is 34.7 Å². The Bertz CT molecular complexity index is 1210. The minimum absolute atomic E-state index is 0.0931. The predicted octanol–water partition coefficient (Wildman–Crippen LogP) is 2.39. The summed E-state index contributed by atoms with van der Waals surface area (Å²) in [4.78, 5) is 31.6. The zero-order valence-corrected chi connectivity index (χ0v) is 17.7. The van der Waals surface area contributed by atoms with Gasteiger partial charge in [0, 0.05) is 48.2 Å². The zero-order valence-electron chi connectivity index (χ0n) is 17.7. The van der Waals surface area contributed by atoms with E-state index in [1.54, 1.807) is 0 Å². The number of allylic oxidation sites excluding steroid dienone is 1. The van der Waals surface area contributed by atoms with E-state index in [-0.39, 0.29) is 11.9 Å². The first kappa shape index (κ1) is 19.8. The van der Waals surface area contributed by atoms with E-state index >= 15 is 0 Å². The molecule has 3 heterocycles. The van der Waals surface area contributed by atoms with Gasteiger partial charge in [0.05, 0.1) is 11.3 Å². The molecule has 0 radical (unpaired) electrons. The van der Waals surface area contributed by atoms with E-state index in [4.69, 9.17) is 9.94 Å².